The molecule has 0 saturated heterocycles. The van der Waals surface area contributed by atoms with Crippen LogP contribution in [0.15, 0.2) is 36.4 Å². The average Bonchev–Trinajstić information content (AvgIpc) is 2.66. The molecule has 150 valence electrons. The standard InChI is InChI=1S/C21H25NO6/c1-13(2)12-28-16-7-5-14(6-8-16)9-19(23)22-17-10-15(21(24)25)11-18(26-3)20(17)27-4/h5-8,10-11,13H,9,12H2,1-4H3,(H,22,23)(H,24,25). The zero-order valence-electron chi connectivity index (χ0n) is 16.4. The first-order valence-corrected chi connectivity index (χ1v) is 8.85. The van der Waals surface area contributed by atoms with E-state index >= 15 is 0 Å². The van der Waals surface area contributed by atoms with Crippen LogP contribution in [0.4, 0.5) is 5.69 Å². The molecule has 0 fully saturated rings. The molecule has 0 spiro atoms. The van der Waals surface area contributed by atoms with Crippen molar-refractivity contribution in [2.45, 2.75) is 20.3 Å². The van der Waals surface area contributed by atoms with Crippen molar-refractivity contribution in [1.29, 1.82) is 0 Å². The van der Waals surface area contributed by atoms with Gasteiger partial charge in [-0.25, -0.2) is 4.79 Å². The van der Waals surface area contributed by atoms with Gasteiger partial charge in [-0.1, -0.05) is 26.0 Å². The molecule has 28 heavy (non-hydrogen) atoms. The van der Waals surface area contributed by atoms with Crippen molar-refractivity contribution in [3.8, 4) is 17.2 Å². The fourth-order valence-electron chi connectivity index (χ4n) is 2.53. The summed E-state index contributed by atoms with van der Waals surface area (Å²) >= 11 is 0. The summed E-state index contributed by atoms with van der Waals surface area (Å²) in [6.45, 7) is 4.77. The van der Waals surface area contributed by atoms with E-state index in [1.54, 1.807) is 0 Å². The Labute approximate surface area is 164 Å². The van der Waals surface area contributed by atoms with Gasteiger partial charge in [-0.2, -0.15) is 0 Å². The SMILES string of the molecule is COc1cc(C(=O)O)cc(NC(=O)Cc2ccc(OCC(C)C)cc2)c1OC. The van der Waals surface area contributed by atoms with Crippen LogP contribution in [0.5, 0.6) is 17.2 Å². The van der Waals surface area contributed by atoms with Crippen molar-refractivity contribution in [1.82, 2.24) is 0 Å². The summed E-state index contributed by atoms with van der Waals surface area (Å²) in [6.07, 6.45) is 0.118. The van der Waals surface area contributed by atoms with Gasteiger partial charge in [0.05, 0.1) is 38.5 Å². The second-order valence-electron chi connectivity index (χ2n) is 6.64. The summed E-state index contributed by atoms with van der Waals surface area (Å²) in [7, 11) is 2.82. The van der Waals surface area contributed by atoms with Gasteiger partial charge in [-0.3, -0.25) is 4.79 Å². The van der Waals surface area contributed by atoms with Crippen LogP contribution in [0.2, 0.25) is 0 Å². The lowest BCUT2D eigenvalue weighted by molar-refractivity contribution is -0.115. The molecule has 0 heterocycles. The minimum absolute atomic E-state index is 0.0143. The van der Waals surface area contributed by atoms with Gasteiger partial charge in [-0.15, -0.1) is 0 Å². The summed E-state index contributed by atoms with van der Waals surface area (Å²) in [5, 5.41) is 11.9. The van der Waals surface area contributed by atoms with Crippen molar-refractivity contribution < 1.29 is 28.9 Å². The largest absolute Gasteiger partial charge is 0.493 e. The van der Waals surface area contributed by atoms with E-state index in [-0.39, 0.29) is 35.1 Å². The molecule has 0 saturated carbocycles. The Morgan fingerprint density at radius 1 is 1.07 bits per heavy atom. The molecule has 2 rings (SSSR count). The lowest BCUT2D eigenvalue weighted by Crippen LogP contribution is -2.16. The zero-order valence-corrected chi connectivity index (χ0v) is 16.4. The van der Waals surface area contributed by atoms with Crippen molar-refractivity contribution >= 4 is 17.6 Å². The summed E-state index contributed by atoms with van der Waals surface area (Å²) < 4.78 is 16.1. The summed E-state index contributed by atoms with van der Waals surface area (Å²) in [6, 6.07) is 9.96. The molecule has 7 nitrogen and oxygen atoms in total. The number of amides is 1. The third-order valence-electron chi connectivity index (χ3n) is 3.87. The molecular formula is C21H25NO6. The quantitative estimate of drug-likeness (QED) is 0.683. The van der Waals surface area contributed by atoms with Gasteiger partial charge in [0.2, 0.25) is 5.91 Å². The van der Waals surface area contributed by atoms with Crippen LogP contribution in [-0.4, -0.2) is 37.8 Å². The van der Waals surface area contributed by atoms with E-state index < -0.39 is 5.97 Å². The monoisotopic (exact) mass is 387 g/mol. The van der Waals surface area contributed by atoms with E-state index in [2.05, 4.69) is 19.2 Å². The Hall–Kier alpha value is -3.22. The molecular weight excluding hydrogens is 362 g/mol. The lowest BCUT2D eigenvalue weighted by Gasteiger charge is -2.15. The van der Waals surface area contributed by atoms with E-state index in [1.807, 2.05) is 24.3 Å². The third kappa shape index (κ3) is 5.64. The average molecular weight is 387 g/mol. The fraction of sp³-hybridized carbons (Fsp3) is 0.333. The van der Waals surface area contributed by atoms with Crippen LogP contribution >= 0.6 is 0 Å². The van der Waals surface area contributed by atoms with Crippen LogP contribution in [0.3, 0.4) is 0 Å². The number of hydrogen-bond donors (Lipinski definition) is 2. The first kappa shape index (κ1) is 21.1. The number of nitrogens with one attached hydrogen (secondary N) is 1. The maximum Gasteiger partial charge on any atom is 0.335 e. The number of carbonyl (C=O) groups excluding carboxylic acids is 1. The Kier molecular flexibility index (Phi) is 7.26. The molecule has 0 aliphatic rings. The number of aromatic carboxylic acids is 1. The number of methoxy groups -OCH3 is 2. The normalized spacial score (nSPS) is 10.5. The molecule has 2 aromatic rings. The van der Waals surface area contributed by atoms with Crippen molar-refractivity contribution in [2.75, 3.05) is 26.1 Å². The number of carbonyl (C=O) groups is 2. The number of carboxylic acids is 1. The predicted octanol–water partition coefficient (Wildman–Crippen LogP) is 3.62. The first-order chi connectivity index (χ1) is 13.3. The van der Waals surface area contributed by atoms with Gasteiger partial charge in [0.25, 0.3) is 0 Å². The van der Waals surface area contributed by atoms with E-state index in [4.69, 9.17) is 14.2 Å². The highest BCUT2D eigenvalue weighted by molar-refractivity contribution is 5.97. The van der Waals surface area contributed by atoms with Gasteiger partial charge in [-0.05, 0) is 35.7 Å². The molecule has 2 aromatic carbocycles. The van der Waals surface area contributed by atoms with E-state index in [9.17, 15) is 14.7 Å². The molecule has 1 amide bonds. The van der Waals surface area contributed by atoms with Gasteiger partial charge in [0, 0.05) is 0 Å². The first-order valence-electron chi connectivity index (χ1n) is 8.85. The number of anilines is 1. The summed E-state index contributed by atoms with van der Waals surface area (Å²) in [5.74, 6) is 0.229. The van der Waals surface area contributed by atoms with Crippen LogP contribution < -0.4 is 19.5 Å². The second-order valence-corrected chi connectivity index (χ2v) is 6.64. The highest BCUT2D eigenvalue weighted by atomic mass is 16.5. The Morgan fingerprint density at radius 3 is 2.29 bits per heavy atom. The zero-order chi connectivity index (χ0) is 20.7. The molecule has 0 aliphatic heterocycles. The number of rotatable bonds is 9. The van der Waals surface area contributed by atoms with Crippen molar-refractivity contribution in [3.63, 3.8) is 0 Å². The highest BCUT2D eigenvalue weighted by Gasteiger charge is 2.17. The minimum Gasteiger partial charge on any atom is -0.493 e. The Balaban J connectivity index is 2.12. The maximum absolute atomic E-state index is 12.4. The number of hydrogen-bond acceptors (Lipinski definition) is 5. The number of ether oxygens (including phenoxy) is 3. The molecule has 0 bridgehead atoms. The fourth-order valence-corrected chi connectivity index (χ4v) is 2.53. The van der Waals surface area contributed by atoms with Gasteiger partial charge in [0.15, 0.2) is 11.5 Å². The van der Waals surface area contributed by atoms with E-state index in [0.29, 0.717) is 12.5 Å². The van der Waals surface area contributed by atoms with Gasteiger partial charge < -0.3 is 24.6 Å². The lowest BCUT2D eigenvalue weighted by atomic mass is 10.1. The second kappa shape index (κ2) is 9.64. The van der Waals surface area contributed by atoms with Gasteiger partial charge in [0.1, 0.15) is 5.75 Å². The smallest absolute Gasteiger partial charge is 0.335 e. The van der Waals surface area contributed by atoms with Crippen LogP contribution in [-0.2, 0) is 11.2 Å². The number of benzene rings is 2. The maximum atomic E-state index is 12.4. The van der Waals surface area contributed by atoms with Crippen molar-refractivity contribution in [2.24, 2.45) is 5.92 Å². The molecule has 0 aromatic heterocycles. The van der Waals surface area contributed by atoms with Crippen LogP contribution in [0, 0.1) is 5.92 Å². The van der Waals surface area contributed by atoms with Gasteiger partial charge >= 0.3 is 5.97 Å². The highest BCUT2D eigenvalue weighted by Crippen LogP contribution is 2.36. The van der Waals surface area contributed by atoms with Crippen molar-refractivity contribution in [3.05, 3.63) is 47.5 Å². The molecule has 0 radical (unpaired) electrons. The van der Waals surface area contributed by atoms with E-state index in [0.717, 1.165) is 11.3 Å². The van der Waals surface area contributed by atoms with E-state index in [1.165, 1.54) is 26.4 Å². The number of carboxylic acid groups (broad SMARTS) is 1. The molecule has 0 unspecified atom stereocenters. The molecule has 7 heteroatoms. The Bertz CT molecular complexity index is 830. The summed E-state index contributed by atoms with van der Waals surface area (Å²) in [4.78, 5) is 23.7. The molecule has 0 aliphatic carbocycles. The topological polar surface area (TPSA) is 94.1 Å². The third-order valence-corrected chi connectivity index (χ3v) is 3.87. The van der Waals surface area contributed by atoms with Crippen LogP contribution in [0.25, 0.3) is 0 Å². The summed E-state index contributed by atoms with van der Waals surface area (Å²) in [5.41, 5.74) is 1.02. The predicted molar refractivity (Wildman–Crippen MR) is 106 cm³/mol. The van der Waals surface area contributed by atoms with Crippen LogP contribution in [0.1, 0.15) is 29.8 Å². The Morgan fingerprint density at radius 2 is 1.75 bits per heavy atom. The minimum atomic E-state index is -1.13. The molecule has 2 N–H and O–H groups in total. The molecule has 0 atom stereocenters.